The van der Waals surface area contributed by atoms with E-state index in [-0.39, 0.29) is 22.6 Å². The summed E-state index contributed by atoms with van der Waals surface area (Å²) in [6.45, 7) is 20.6. The highest BCUT2D eigenvalue weighted by atomic mass is 16.6. The van der Waals surface area contributed by atoms with E-state index in [1.807, 2.05) is 60.7 Å². The summed E-state index contributed by atoms with van der Waals surface area (Å²) in [5.74, 6) is 0.297. The van der Waals surface area contributed by atoms with Crippen molar-refractivity contribution in [2.24, 2.45) is 0 Å². The van der Waals surface area contributed by atoms with Crippen LogP contribution < -0.4 is 47.7 Å². The van der Waals surface area contributed by atoms with Crippen molar-refractivity contribution in [3.05, 3.63) is 154 Å². The van der Waals surface area contributed by atoms with E-state index < -0.39 is 35.6 Å². The van der Waals surface area contributed by atoms with Gasteiger partial charge in [-0.25, -0.2) is 19.4 Å². The molecule has 9 aromatic rings. The van der Waals surface area contributed by atoms with Gasteiger partial charge in [0.1, 0.15) is 11.5 Å². The van der Waals surface area contributed by atoms with Gasteiger partial charge in [-0.15, -0.1) is 0 Å². The molecule has 0 unspecified atom stereocenters. The number of nitrogens with zero attached hydrogens (tertiary/aromatic N) is 2. The summed E-state index contributed by atoms with van der Waals surface area (Å²) in [5, 5.41) is 5.68. The normalized spacial score (nSPS) is 12.6. The number of anilines is 2. The first-order chi connectivity index (χ1) is 67.8. The lowest BCUT2D eigenvalue weighted by Gasteiger charge is -2.31. The van der Waals surface area contributed by atoms with Crippen LogP contribution in [0.2, 0.25) is 0 Å². The van der Waals surface area contributed by atoms with E-state index in [2.05, 4.69) is 55.4 Å². The van der Waals surface area contributed by atoms with Crippen molar-refractivity contribution < 1.29 is 66.7 Å². The van der Waals surface area contributed by atoms with E-state index in [4.69, 9.17) is 37.9 Å². The molecule has 4 amide bonds. The fourth-order valence-electron chi connectivity index (χ4n) is 20.2. The van der Waals surface area contributed by atoms with Crippen molar-refractivity contribution in [2.75, 3.05) is 49.4 Å². The lowest BCUT2D eigenvalue weighted by molar-refractivity contribution is 0.0724. The van der Waals surface area contributed by atoms with Gasteiger partial charge in [-0.05, 0) is 193 Å². The summed E-state index contributed by atoms with van der Waals surface area (Å²) < 4.78 is 52.4. The second-order valence-electron chi connectivity index (χ2n) is 39.6. The Balaban J connectivity index is 0.892. The Morgan fingerprint density at radius 2 is 0.435 bits per heavy atom. The summed E-state index contributed by atoms with van der Waals surface area (Å²) in [6.07, 6.45) is 63.8. The number of aryl methyl sites for hydroxylation is 2. The van der Waals surface area contributed by atoms with Crippen molar-refractivity contribution in [3.63, 3.8) is 0 Å². The van der Waals surface area contributed by atoms with Crippen LogP contribution in [0, 0.1) is 0 Å². The summed E-state index contributed by atoms with van der Waals surface area (Å²) in [7, 11) is 0. The number of esters is 2. The van der Waals surface area contributed by atoms with Gasteiger partial charge in [0.05, 0.1) is 62.1 Å². The molecule has 16 heteroatoms. The third-order valence-electron chi connectivity index (χ3n) is 28.3. The first-order valence-corrected chi connectivity index (χ1v) is 55.6. The zero-order valence-electron chi connectivity index (χ0n) is 86.3. The third kappa shape index (κ3) is 31.7. The van der Waals surface area contributed by atoms with Crippen LogP contribution in [0.3, 0.4) is 0 Å². The largest absolute Gasteiger partial charge is 0.490 e. The van der Waals surface area contributed by atoms with Crippen LogP contribution in [0.5, 0.6) is 46.0 Å². The fraction of sp³-hybridized carbons (Fsp3) is 0.590. The Labute approximate surface area is 828 Å². The highest BCUT2D eigenvalue weighted by Crippen LogP contribution is 2.50. The number of rotatable bonds is 76. The van der Waals surface area contributed by atoms with Crippen LogP contribution in [0.15, 0.2) is 109 Å². The van der Waals surface area contributed by atoms with E-state index in [9.17, 15) is 9.59 Å². The fourth-order valence-corrected chi connectivity index (χ4v) is 20.2. The predicted octanol–water partition coefficient (Wildman–Crippen LogP) is 35.1. The maximum Gasteiger partial charge on any atom is 0.343 e. The van der Waals surface area contributed by atoms with E-state index in [1.54, 1.807) is 48.5 Å². The minimum Gasteiger partial charge on any atom is -0.490 e. The van der Waals surface area contributed by atoms with Gasteiger partial charge in [-0.2, -0.15) is 0 Å². The summed E-state index contributed by atoms with van der Waals surface area (Å²) in [6, 6.07) is 32.6. The molecular weight excluding hydrogens is 1720 g/mol. The lowest BCUT2D eigenvalue weighted by atomic mass is 9.82. The number of hydrogen-bond donors (Lipinski definition) is 0. The summed E-state index contributed by atoms with van der Waals surface area (Å²) in [4.78, 5) is 95.8. The van der Waals surface area contributed by atoms with Gasteiger partial charge in [0, 0.05) is 33.0 Å². The van der Waals surface area contributed by atoms with E-state index in [0.717, 1.165) is 263 Å². The molecule has 0 aliphatic carbocycles. The molecule has 0 aromatic heterocycles. The Hall–Kier alpha value is -9.70. The summed E-state index contributed by atoms with van der Waals surface area (Å²) in [5.41, 5.74) is 4.27. The third-order valence-corrected chi connectivity index (χ3v) is 28.3. The van der Waals surface area contributed by atoms with Crippen molar-refractivity contribution in [2.45, 2.75) is 428 Å². The second kappa shape index (κ2) is 61.1. The van der Waals surface area contributed by atoms with E-state index in [0.29, 0.717) is 143 Å². The maximum atomic E-state index is 15.8. The Bertz CT molecular complexity index is 4720. The molecule has 16 nitrogen and oxygen atoms in total. The van der Waals surface area contributed by atoms with Crippen LogP contribution in [0.1, 0.15) is 488 Å². The molecule has 0 saturated heterocycles. The molecular formula is C122H170N2O14. The van der Waals surface area contributed by atoms with Crippen molar-refractivity contribution in [3.8, 4) is 46.0 Å². The highest BCUT2D eigenvalue weighted by Gasteiger charge is 2.40. The Morgan fingerprint density at radius 3 is 0.667 bits per heavy atom. The molecule has 0 fully saturated rings. The Morgan fingerprint density at radius 1 is 0.225 bits per heavy atom. The number of unbranched alkanes of at least 4 members (excludes halogenated alkanes) is 48. The number of imide groups is 2. The van der Waals surface area contributed by atoms with E-state index >= 15 is 19.2 Å². The zero-order valence-corrected chi connectivity index (χ0v) is 86.3. The predicted molar refractivity (Wildman–Crippen MR) is 570 cm³/mol. The number of carbonyl (C=O) groups is 6. The number of benzene rings is 9. The number of amides is 4. The van der Waals surface area contributed by atoms with Crippen LogP contribution in [-0.4, -0.2) is 75.2 Å². The quantitative estimate of drug-likeness (QED) is 0.00876. The number of ether oxygens (including phenoxy) is 8. The van der Waals surface area contributed by atoms with Gasteiger partial charge in [0.25, 0.3) is 23.6 Å². The van der Waals surface area contributed by atoms with Crippen molar-refractivity contribution in [1.82, 2.24) is 0 Å². The molecule has 752 valence electrons. The minimum atomic E-state index is -0.602. The monoisotopic (exact) mass is 1890 g/mol. The van der Waals surface area contributed by atoms with Gasteiger partial charge in [0.15, 0.2) is 23.0 Å². The average molecular weight is 1890 g/mol. The molecule has 0 radical (unpaired) electrons. The highest BCUT2D eigenvalue weighted by molar-refractivity contribution is 6.45. The van der Waals surface area contributed by atoms with E-state index in [1.165, 1.54) is 138 Å². The van der Waals surface area contributed by atoms with Crippen LogP contribution in [-0.2, 0) is 12.8 Å². The van der Waals surface area contributed by atoms with Crippen molar-refractivity contribution >= 4 is 90.0 Å². The van der Waals surface area contributed by atoms with Gasteiger partial charge in [-0.3, -0.25) is 19.2 Å². The smallest absolute Gasteiger partial charge is 0.343 e. The van der Waals surface area contributed by atoms with Crippen LogP contribution >= 0.6 is 0 Å². The number of carbonyl (C=O) groups excluding carboxylic acids is 6. The standard InChI is InChI=1S/C122H170N2O14/c1-9-17-25-33-35-37-39-41-43-45-47-49-57-65-91-85-95(137-121(129)93-87-107(131-79-59-51-27-19-11-3)115(135-83-63-55-31-23-15-7)108(88-93)132-80-60-52-28-20-12-4)67-77-105(91)123-117(125)101-73-69-97-99-71-75-103-114-104(76-72-100(112(99)114)98-70-74-102(118(123)126)113(101)111(97)98)120(128)124(119(103)127)106-78-68-96(86-92(106)66-58-50-48-46-44-42-40-38-36-34-26-18-10-2)138-122(130)94-89-109(133-81-61-53-29-21-13-5)116(136-84-64-56-32-24-16-8)110(90-94)134-82-62-54-30-22-14-6/h67-78,85-90H,9-66,79-84H2,1-8H3. The first-order valence-electron chi connectivity index (χ1n) is 55.6. The molecule has 0 spiro atoms. The molecule has 2 aliphatic rings. The maximum absolute atomic E-state index is 15.8. The zero-order chi connectivity index (χ0) is 97.3. The van der Waals surface area contributed by atoms with Crippen LogP contribution in [0.25, 0.3) is 43.1 Å². The van der Waals surface area contributed by atoms with Gasteiger partial charge < -0.3 is 37.9 Å². The van der Waals surface area contributed by atoms with Gasteiger partial charge in [-0.1, -0.05) is 388 Å². The molecule has 0 bridgehead atoms. The van der Waals surface area contributed by atoms with Crippen molar-refractivity contribution in [1.29, 1.82) is 0 Å². The molecule has 0 saturated carbocycles. The topological polar surface area (TPSA) is 183 Å². The first kappa shape index (κ1) is 109. The number of fused-ring (bicyclic) bond motifs is 2. The van der Waals surface area contributed by atoms with Gasteiger partial charge >= 0.3 is 11.9 Å². The van der Waals surface area contributed by atoms with Gasteiger partial charge in [0.2, 0.25) is 11.5 Å². The molecule has 2 heterocycles. The number of hydrogen-bond acceptors (Lipinski definition) is 14. The summed E-state index contributed by atoms with van der Waals surface area (Å²) >= 11 is 0. The Kier molecular flexibility index (Phi) is 48.1. The lowest BCUT2D eigenvalue weighted by Crippen LogP contribution is -2.41. The van der Waals surface area contributed by atoms with Crippen LogP contribution in [0.4, 0.5) is 11.4 Å². The SMILES string of the molecule is CCCCCCCCCCCCCCCc1cc(OC(=O)c2cc(OCCCCCCC)c(OCCCCCCC)c(OCCCCCCC)c2)ccc1N1C(=O)c2ccc3c4ccc5c6c(ccc(c7ccc(c2c37)C1=O)c64)C(=O)N(c1ccc(OC(=O)c2cc(OCCCCCCC)c(OCCCCCCC)c(OCCCCCCC)c2)cc1CCCCCCCCCCCCCCC)C5=O. The molecule has 11 rings (SSSR count). The molecule has 0 atom stereocenters. The molecule has 9 aromatic carbocycles. The minimum absolute atomic E-state index is 0.258. The average Bonchev–Trinajstić information content (AvgIpc) is 0.686. The second-order valence-corrected chi connectivity index (χ2v) is 39.6. The molecule has 0 N–H and O–H groups in total. The molecule has 138 heavy (non-hydrogen) atoms. The molecule has 2 aliphatic heterocycles.